The van der Waals surface area contributed by atoms with Crippen molar-refractivity contribution < 1.29 is 17.9 Å². The Bertz CT molecular complexity index is 351. The number of nitrogens with two attached hydrogens (primary N) is 1. The van der Waals surface area contributed by atoms with E-state index in [9.17, 15) is 13.2 Å². The molecule has 0 fully saturated rings. The molecule has 6 heteroatoms. The minimum absolute atomic E-state index is 0.0613. The topological polar surface area (TPSA) is 47.3 Å². The fraction of sp³-hybridized carbons (Fsp3) is 0.500. The van der Waals surface area contributed by atoms with Crippen molar-refractivity contribution in [3.63, 3.8) is 0 Å². The van der Waals surface area contributed by atoms with Crippen molar-refractivity contribution in [3.05, 3.63) is 24.3 Å². The van der Waals surface area contributed by atoms with Gasteiger partial charge in [-0.1, -0.05) is 6.92 Å². The molecule has 0 spiro atoms. The first-order valence-corrected chi connectivity index (χ1v) is 5.70. The third-order valence-corrected chi connectivity index (χ3v) is 2.35. The molecule has 1 rings (SSSR count). The normalized spacial score (nSPS) is 13.2. The molecule has 0 bridgehead atoms. The molecule has 0 aromatic heterocycles. The summed E-state index contributed by atoms with van der Waals surface area (Å²) in [4.78, 5) is 0. The Morgan fingerprint density at radius 1 is 1.28 bits per heavy atom. The fourth-order valence-corrected chi connectivity index (χ4v) is 1.23. The van der Waals surface area contributed by atoms with E-state index in [1.165, 1.54) is 12.1 Å². The summed E-state index contributed by atoms with van der Waals surface area (Å²) in [5.41, 5.74) is 6.54. The van der Waals surface area contributed by atoms with Gasteiger partial charge in [-0.3, -0.25) is 0 Å². The summed E-state index contributed by atoms with van der Waals surface area (Å²) < 4.78 is 40.3. The Labute approximate surface area is 104 Å². The lowest BCUT2D eigenvalue weighted by Crippen LogP contribution is -2.27. The molecule has 102 valence electrons. The lowest BCUT2D eigenvalue weighted by molar-refractivity contribution is -0.153. The highest BCUT2D eigenvalue weighted by Crippen LogP contribution is 2.20. The first kappa shape index (κ1) is 14.6. The summed E-state index contributed by atoms with van der Waals surface area (Å²) in [6, 6.07) is 6.37. The molecule has 18 heavy (non-hydrogen) atoms. The summed E-state index contributed by atoms with van der Waals surface area (Å²) in [5, 5.41) is 3.09. The molecule has 0 aliphatic carbocycles. The van der Waals surface area contributed by atoms with Crippen LogP contribution in [0.5, 0.6) is 5.75 Å². The number of hydrogen-bond acceptors (Lipinski definition) is 3. The quantitative estimate of drug-likeness (QED) is 0.828. The maximum Gasteiger partial charge on any atom is 0.422 e. The zero-order valence-electron chi connectivity index (χ0n) is 10.1. The second kappa shape index (κ2) is 6.49. The van der Waals surface area contributed by atoms with E-state index in [0.717, 1.165) is 12.1 Å². The van der Waals surface area contributed by atoms with E-state index in [4.69, 9.17) is 5.73 Å². The highest BCUT2D eigenvalue weighted by Gasteiger charge is 2.28. The molecular weight excluding hydrogens is 245 g/mol. The second-order valence-corrected chi connectivity index (χ2v) is 3.98. The van der Waals surface area contributed by atoms with Crippen LogP contribution < -0.4 is 15.8 Å². The van der Waals surface area contributed by atoms with Gasteiger partial charge in [0.25, 0.3) is 0 Å². The van der Waals surface area contributed by atoms with Gasteiger partial charge in [-0.15, -0.1) is 0 Å². The number of hydrogen-bond donors (Lipinski definition) is 2. The molecule has 0 amide bonds. The molecule has 0 aliphatic rings. The van der Waals surface area contributed by atoms with Crippen LogP contribution >= 0.6 is 0 Å². The van der Waals surface area contributed by atoms with Gasteiger partial charge in [0.2, 0.25) is 0 Å². The van der Waals surface area contributed by atoms with Gasteiger partial charge in [0.1, 0.15) is 5.75 Å². The van der Waals surface area contributed by atoms with E-state index >= 15 is 0 Å². The SMILES string of the molecule is CC[C@H](N)CNc1ccc(OCC(F)(F)F)cc1. The molecule has 0 saturated carbocycles. The number of nitrogens with one attached hydrogen (secondary N) is 1. The summed E-state index contributed by atoms with van der Waals surface area (Å²) >= 11 is 0. The van der Waals surface area contributed by atoms with Gasteiger partial charge in [0, 0.05) is 18.3 Å². The number of ether oxygens (including phenoxy) is 1. The van der Waals surface area contributed by atoms with E-state index in [-0.39, 0.29) is 11.8 Å². The van der Waals surface area contributed by atoms with Crippen LogP contribution in [0.2, 0.25) is 0 Å². The molecule has 1 atom stereocenters. The van der Waals surface area contributed by atoms with Crippen LogP contribution in [-0.2, 0) is 0 Å². The van der Waals surface area contributed by atoms with Crippen molar-refractivity contribution >= 4 is 5.69 Å². The third-order valence-electron chi connectivity index (χ3n) is 2.35. The lowest BCUT2D eigenvalue weighted by Gasteiger charge is -2.12. The molecule has 3 N–H and O–H groups in total. The molecule has 0 heterocycles. The van der Waals surface area contributed by atoms with Crippen LogP contribution in [0.4, 0.5) is 18.9 Å². The Morgan fingerprint density at radius 3 is 2.39 bits per heavy atom. The molecule has 0 unspecified atom stereocenters. The number of benzene rings is 1. The largest absolute Gasteiger partial charge is 0.484 e. The van der Waals surface area contributed by atoms with Crippen molar-refractivity contribution in [1.29, 1.82) is 0 Å². The molecule has 1 aromatic rings. The molecule has 0 radical (unpaired) electrons. The zero-order chi connectivity index (χ0) is 13.6. The minimum atomic E-state index is -4.31. The van der Waals surface area contributed by atoms with E-state index in [1.54, 1.807) is 12.1 Å². The van der Waals surface area contributed by atoms with Gasteiger partial charge in [0.15, 0.2) is 6.61 Å². The van der Waals surface area contributed by atoms with Gasteiger partial charge in [0.05, 0.1) is 0 Å². The Kier molecular flexibility index (Phi) is 5.27. The lowest BCUT2D eigenvalue weighted by atomic mass is 10.2. The average molecular weight is 262 g/mol. The Hall–Kier alpha value is -1.43. The summed E-state index contributed by atoms with van der Waals surface area (Å²) in [6.07, 6.45) is -3.45. The molecule has 0 saturated heterocycles. The molecule has 0 aliphatic heterocycles. The monoisotopic (exact) mass is 262 g/mol. The van der Waals surface area contributed by atoms with Crippen molar-refractivity contribution in [2.45, 2.75) is 25.6 Å². The molecule has 1 aromatic carbocycles. The van der Waals surface area contributed by atoms with Crippen molar-refractivity contribution in [1.82, 2.24) is 0 Å². The Balaban J connectivity index is 2.42. The zero-order valence-corrected chi connectivity index (χ0v) is 10.1. The number of rotatable bonds is 6. The number of anilines is 1. The third kappa shape index (κ3) is 5.77. The predicted octanol–water partition coefficient (Wildman–Crippen LogP) is 2.78. The fourth-order valence-electron chi connectivity index (χ4n) is 1.23. The highest BCUT2D eigenvalue weighted by molar-refractivity contribution is 5.46. The van der Waals surface area contributed by atoms with E-state index < -0.39 is 12.8 Å². The van der Waals surface area contributed by atoms with Gasteiger partial charge in [-0.25, -0.2) is 0 Å². The highest BCUT2D eigenvalue weighted by atomic mass is 19.4. The van der Waals surface area contributed by atoms with Crippen molar-refractivity contribution in [2.75, 3.05) is 18.5 Å². The maximum absolute atomic E-state index is 11.9. The number of alkyl halides is 3. The van der Waals surface area contributed by atoms with Gasteiger partial charge < -0.3 is 15.8 Å². The van der Waals surface area contributed by atoms with Crippen LogP contribution in [0.15, 0.2) is 24.3 Å². The van der Waals surface area contributed by atoms with Crippen LogP contribution in [0.1, 0.15) is 13.3 Å². The second-order valence-electron chi connectivity index (χ2n) is 3.98. The van der Waals surface area contributed by atoms with E-state index in [2.05, 4.69) is 10.1 Å². The molecular formula is C12H17F3N2O. The summed E-state index contributed by atoms with van der Waals surface area (Å²) in [6.45, 7) is 1.33. The molecule has 3 nitrogen and oxygen atoms in total. The maximum atomic E-state index is 11.9. The summed E-state index contributed by atoms with van der Waals surface area (Å²) in [7, 11) is 0. The van der Waals surface area contributed by atoms with Crippen LogP contribution in [0.25, 0.3) is 0 Å². The average Bonchev–Trinajstić information content (AvgIpc) is 2.33. The Morgan fingerprint density at radius 2 is 1.89 bits per heavy atom. The minimum Gasteiger partial charge on any atom is -0.484 e. The van der Waals surface area contributed by atoms with Crippen molar-refractivity contribution in [2.24, 2.45) is 5.73 Å². The van der Waals surface area contributed by atoms with E-state index in [0.29, 0.717) is 6.54 Å². The van der Waals surface area contributed by atoms with Crippen LogP contribution in [0.3, 0.4) is 0 Å². The van der Waals surface area contributed by atoms with Crippen LogP contribution in [-0.4, -0.2) is 25.4 Å². The predicted molar refractivity (Wildman–Crippen MR) is 64.7 cm³/mol. The van der Waals surface area contributed by atoms with E-state index in [1.807, 2.05) is 6.92 Å². The van der Waals surface area contributed by atoms with Crippen molar-refractivity contribution in [3.8, 4) is 5.75 Å². The first-order chi connectivity index (χ1) is 8.40. The summed E-state index contributed by atoms with van der Waals surface area (Å²) in [5.74, 6) is 0.192. The van der Waals surface area contributed by atoms with Crippen LogP contribution in [0, 0.1) is 0 Å². The van der Waals surface area contributed by atoms with Gasteiger partial charge in [-0.05, 0) is 30.7 Å². The smallest absolute Gasteiger partial charge is 0.422 e. The van der Waals surface area contributed by atoms with Gasteiger partial charge in [-0.2, -0.15) is 13.2 Å². The van der Waals surface area contributed by atoms with Gasteiger partial charge >= 0.3 is 6.18 Å². The standard InChI is InChI=1S/C12H17F3N2O/c1-2-9(16)7-17-10-3-5-11(6-4-10)18-8-12(13,14)15/h3-6,9,17H,2,7-8,16H2,1H3/t9-/m0/s1. The number of halogens is 3. The first-order valence-electron chi connectivity index (χ1n) is 5.70.